The van der Waals surface area contributed by atoms with Crippen molar-refractivity contribution in [3.05, 3.63) is 17.8 Å². The van der Waals surface area contributed by atoms with Crippen LogP contribution in [-0.2, 0) is 6.54 Å². The van der Waals surface area contributed by atoms with Crippen LogP contribution in [0.3, 0.4) is 0 Å². The van der Waals surface area contributed by atoms with E-state index in [2.05, 4.69) is 28.9 Å². The summed E-state index contributed by atoms with van der Waals surface area (Å²) >= 11 is 0. The Morgan fingerprint density at radius 1 is 1.35 bits per heavy atom. The lowest BCUT2D eigenvalue weighted by molar-refractivity contribution is 0.567. The van der Waals surface area contributed by atoms with Crippen molar-refractivity contribution in [3.63, 3.8) is 0 Å². The van der Waals surface area contributed by atoms with Gasteiger partial charge in [-0.05, 0) is 37.3 Å². The van der Waals surface area contributed by atoms with Crippen molar-refractivity contribution in [2.24, 2.45) is 11.7 Å². The highest BCUT2D eigenvalue weighted by molar-refractivity contribution is 5.40. The van der Waals surface area contributed by atoms with Gasteiger partial charge in [-0.15, -0.1) is 5.10 Å². The van der Waals surface area contributed by atoms with Crippen LogP contribution in [0, 0.1) is 5.92 Å². The van der Waals surface area contributed by atoms with Crippen LogP contribution in [0.5, 0.6) is 0 Å². The van der Waals surface area contributed by atoms with Crippen molar-refractivity contribution < 1.29 is 0 Å². The fourth-order valence-electron chi connectivity index (χ4n) is 1.88. The molecule has 0 atom stereocenters. The summed E-state index contributed by atoms with van der Waals surface area (Å²) in [5, 5.41) is 8.42. The first kappa shape index (κ1) is 12.3. The molecule has 1 saturated carbocycles. The Balaban J connectivity index is 2.03. The molecule has 0 radical (unpaired) electrons. The largest absolute Gasteiger partial charge is 0.352 e. The molecule has 0 aliphatic heterocycles. The van der Waals surface area contributed by atoms with Gasteiger partial charge in [0.25, 0.3) is 0 Å². The Morgan fingerprint density at radius 2 is 2.12 bits per heavy atom. The maximum atomic E-state index is 5.53. The summed E-state index contributed by atoms with van der Waals surface area (Å²) in [6.07, 6.45) is 3.79. The highest BCUT2D eigenvalue weighted by atomic mass is 15.3. The number of rotatable bonds is 6. The van der Waals surface area contributed by atoms with Gasteiger partial charge in [-0.2, -0.15) is 5.10 Å². The third-order valence-electron chi connectivity index (χ3n) is 3.14. The number of aromatic nitrogens is 2. The van der Waals surface area contributed by atoms with E-state index in [1.54, 1.807) is 0 Å². The van der Waals surface area contributed by atoms with Crippen molar-refractivity contribution in [3.8, 4) is 0 Å². The van der Waals surface area contributed by atoms with E-state index in [0.29, 0.717) is 12.6 Å². The second-order valence-corrected chi connectivity index (χ2v) is 5.19. The highest BCUT2D eigenvalue weighted by Gasteiger charge is 2.29. The summed E-state index contributed by atoms with van der Waals surface area (Å²) in [6.45, 7) is 6.06. The molecule has 0 amide bonds. The van der Waals surface area contributed by atoms with Gasteiger partial charge in [-0.3, -0.25) is 0 Å². The van der Waals surface area contributed by atoms with E-state index in [1.165, 1.54) is 19.3 Å². The van der Waals surface area contributed by atoms with Gasteiger partial charge in [0, 0.05) is 19.1 Å². The molecule has 17 heavy (non-hydrogen) atoms. The van der Waals surface area contributed by atoms with E-state index in [9.17, 15) is 0 Å². The minimum absolute atomic E-state index is 0.461. The number of hydrogen-bond acceptors (Lipinski definition) is 4. The molecule has 1 aromatic rings. The standard InChI is InChI=1S/C13H22N4/c1-10(2)7-8-17(12-4-5-12)13-6-3-11(9-14)15-16-13/h3,6,10,12H,4-5,7-9,14H2,1-2H3. The van der Waals surface area contributed by atoms with Crippen LogP contribution in [0.25, 0.3) is 0 Å². The van der Waals surface area contributed by atoms with Gasteiger partial charge in [0.2, 0.25) is 0 Å². The quantitative estimate of drug-likeness (QED) is 0.817. The first-order valence-corrected chi connectivity index (χ1v) is 6.50. The van der Waals surface area contributed by atoms with E-state index < -0.39 is 0 Å². The molecule has 2 rings (SSSR count). The SMILES string of the molecule is CC(C)CCN(c1ccc(CN)nn1)C1CC1. The smallest absolute Gasteiger partial charge is 0.151 e. The molecule has 0 saturated heterocycles. The lowest BCUT2D eigenvalue weighted by atomic mass is 10.1. The number of nitrogens with zero attached hydrogens (tertiary/aromatic N) is 3. The van der Waals surface area contributed by atoms with Crippen LogP contribution < -0.4 is 10.6 Å². The summed E-state index contributed by atoms with van der Waals surface area (Å²) in [7, 11) is 0. The second kappa shape index (κ2) is 5.45. The summed E-state index contributed by atoms with van der Waals surface area (Å²) in [5.41, 5.74) is 6.39. The molecule has 0 aromatic carbocycles. The van der Waals surface area contributed by atoms with Gasteiger partial charge in [-0.25, -0.2) is 0 Å². The van der Waals surface area contributed by atoms with Crippen LogP contribution >= 0.6 is 0 Å². The van der Waals surface area contributed by atoms with Crippen LogP contribution in [-0.4, -0.2) is 22.8 Å². The molecule has 1 fully saturated rings. The molecule has 94 valence electrons. The Morgan fingerprint density at radius 3 is 2.59 bits per heavy atom. The number of nitrogens with two attached hydrogens (primary N) is 1. The monoisotopic (exact) mass is 234 g/mol. The third kappa shape index (κ3) is 3.40. The van der Waals surface area contributed by atoms with Crippen molar-refractivity contribution in [2.45, 2.75) is 45.7 Å². The molecule has 4 heteroatoms. The van der Waals surface area contributed by atoms with Crippen LogP contribution in [0.1, 0.15) is 38.8 Å². The normalized spacial score (nSPS) is 15.3. The molecule has 0 bridgehead atoms. The molecule has 4 nitrogen and oxygen atoms in total. The van der Waals surface area contributed by atoms with Crippen LogP contribution in [0.4, 0.5) is 5.82 Å². The minimum Gasteiger partial charge on any atom is -0.352 e. The van der Waals surface area contributed by atoms with Gasteiger partial charge >= 0.3 is 0 Å². The Kier molecular flexibility index (Phi) is 3.94. The Labute approximate surface area is 103 Å². The predicted molar refractivity (Wildman–Crippen MR) is 69.7 cm³/mol. The van der Waals surface area contributed by atoms with E-state index in [-0.39, 0.29) is 0 Å². The molecule has 1 aliphatic rings. The van der Waals surface area contributed by atoms with Crippen LogP contribution in [0.2, 0.25) is 0 Å². The maximum absolute atomic E-state index is 5.53. The Hall–Kier alpha value is -1.16. The molecule has 2 N–H and O–H groups in total. The molecule has 1 aromatic heterocycles. The van der Waals surface area contributed by atoms with E-state index in [0.717, 1.165) is 24.0 Å². The predicted octanol–water partition coefficient (Wildman–Crippen LogP) is 1.95. The second-order valence-electron chi connectivity index (χ2n) is 5.19. The zero-order valence-electron chi connectivity index (χ0n) is 10.8. The highest BCUT2D eigenvalue weighted by Crippen LogP contribution is 2.30. The number of anilines is 1. The van der Waals surface area contributed by atoms with Gasteiger partial charge in [0.15, 0.2) is 5.82 Å². The van der Waals surface area contributed by atoms with Crippen molar-refractivity contribution >= 4 is 5.82 Å². The topological polar surface area (TPSA) is 55.0 Å². The number of hydrogen-bond donors (Lipinski definition) is 1. The average Bonchev–Trinajstić information content (AvgIpc) is 3.14. The lowest BCUT2D eigenvalue weighted by Crippen LogP contribution is -2.29. The summed E-state index contributed by atoms with van der Waals surface area (Å²) in [6, 6.07) is 4.72. The average molecular weight is 234 g/mol. The third-order valence-corrected chi connectivity index (χ3v) is 3.14. The zero-order chi connectivity index (χ0) is 12.3. The molecule has 0 spiro atoms. The maximum Gasteiger partial charge on any atom is 0.151 e. The zero-order valence-corrected chi connectivity index (χ0v) is 10.8. The van der Waals surface area contributed by atoms with E-state index in [1.807, 2.05) is 12.1 Å². The first-order chi connectivity index (χ1) is 8.20. The fraction of sp³-hybridized carbons (Fsp3) is 0.692. The Bertz CT molecular complexity index is 343. The molecular weight excluding hydrogens is 212 g/mol. The fourth-order valence-corrected chi connectivity index (χ4v) is 1.88. The molecule has 1 aliphatic carbocycles. The van der Waals surface area contributed by atoms with Gasteiger partial charge in [0.05, 0.1) is 5.69 Å². The van der Waals surface area contributed by atoms with E-state index >= 15 is 0 Å². The van der Waals surface area contributed by atoms with Gasteiger partial charge in [0.1, 0.15) is 0 Å². The lowest BCUT2D eigenvalue weighted by Gasteiger charge is -2.23. The van der Waals surface area contributed by atoms with Crippen molar-refractivity contribution in [1.82, 2.24) is 10.2 Å². The van der Waals surface area contributed by atoms with E-state index in [4.69, 9.17) is 5.73 Å². The van der Waals surface area contributed by atoms with Crippen molar-refractivity contribution in [1.29, 1.82) is 0 Å². The minimum atomic E-state index is 0.461. The molecule has 1 heterocycles. The van der Waals surface area contributed by atoms with Gasteiger partial charge in [-0.1, -0.05) is 13.8 Å². The summed E-state index contributed by atoms with van der Waals surface area (Å²) < 4.78 is 0. The first-order valence-electron chi connectivity index (χ1n) is 6.50. The molecular formula is C13H22N4. The van der Waals surface area contributed by atoms with Gasteiger partial charge < -0.3 is 10.6 Å². The van der Waals surface area contributed by atoms with Crippen molar-refractivity contribution in [2.75, 3.05) is 11.4 Å². The molecule has 0 unspecified atom stereocenters. The summed E-state index contributed by atoms with van der Waals surface area (Å²) in [4.78, 5) is 2.40. The van der Waals surface area contributed by atoms with Crippen LogP contribution in [0.15, 0.2) is 12.1 Å². The summed E-state index contributed by atoms with van der Waals surface area (Å²) in [5.74, 6) is 1.73.